The van der Waals surface area contributed by atoms with Crippen molar-refractivity contribution in [2.75, 3.05) is 37.4 Å². The molecule has 8 heteroatoms. The number of fused-ring (bicyclic) bond motifs is 2. The molecule has 0 radical (unpaired) electrons. The second kappa shape index (κ2) is 8.50. The van der Waals surface area contributed by atoms with Gasteiger partial charge in [0.2, 0.25) is 0 Å². The van der Waals surface area contributed by atoms with Crippen LogP contribution < -0.4 is 5.32 Å². The summed E-state index contributed by atoms with van der Waals surface area (Å²) >= 11 is 0. The highest BCUT2D eigenvalue weighted by molar-refractivity contribution is 7.91. The van der Waals surface area contributed by atoms with Crippen LogP contribution in [-0.4, -0.2) is 56.3 Å². The summed E-state index contributed by atoms with van der Waals surface area (Å²) in [7, 11) is -3.36. The van der Waals surface area contributed by atoms with Crippen molar-refractivity contribution in [2.45, 2.75) is 44.0 Å². The monoisotopic (exact) mass is 455 g/mol. The van der Waals surface area contributed by atoms with Crippen molar-refractivity contribution in [2.24, 2.45) is 0 Å². The summed E-state index contributed by atoms with van der Waals surface area (Å²) in [5, 5.41) is 2.88. The van der Waals surface area contributed by atoms with Crippen molar-refractivity contribution in [3.05, 3.63) is 46.3 Å². The molecule has 0 unspecified atom stereocenters. The first-order valence-corrected chi connectivity index (χ1v) is 13.0. The number of sulfone groups is 1. The van der Waals surface area contributed by atoms with E-state index >= 15 is 0 Å². The molecule has 0 bridgehead atoms. The molecule has 1 aliphatic carbocycles. The maximum absolute atomic E-state index is 12.8. The van der Waals surface area contributed by atoms with Crippen molar-refractivity contribution < 1.29 is 17.9 Å². The number of carbonyl (C=O) groups excluding carboxylic acids is 1. The molecule has 1 aromatic heterocycles. The first-order valence-electron chi connectivity index (χ1n) is 11.4. The van der Waals surface area contributed by atoms with Crippen LogP contribution >= 0.6 is 0 Å². The molecule has 0 atom stereocenters. The zero-order valence-corrected chi connectivity index (χ0v) is 19.2. The summed E-state index contributed by atoms with van der Waals surface area (Å²) in [6.07, 6.45) is 6.34. The van der Waals surface area contributed by atoms with Crippen LogP contribution in [0.3, 0.4) is 0 Å². The summed E-state index contributed by atoms with van der Waals surface area (Å²) in [6, 6.07) is 4.88. The summed E-state index contributed by atoms with van der Waals surface area (Å²) < 4.78 is 30.3. The average molecular weight is 456 g/mol. The Morgan fingerprint density at radius 2 is 1.94 bits per heavy atom. The fourth-order valence-corrected chi connectivity index (χ4v) is 5.78. The SMILES string of the molecule is CCS(=O)(=O)c1ccc2c(c1)/C(=C/c1[nH]c3c(c1CN1CCOCC1)CCCC3)C(=O)N2. The smallest absolute Gasteiger partial charge is 0.256 e. The fraction of sp³-hybridized carbons (Fsp3) is 0.458. The van der Waals surface area contributed by atoms with Crippen LogP contribution in [0.2, 0.25) is 0 Å². The number of amides is 1. The van der Waals surface area contributed by atoms with Crippen LogP contribution in [0.15, 0.2) is 23.1 Å². The predicted octanol–water partition coefficient (Wildman–Crippen LogP) is 3.01. The van der Waals surface area contributed by atoms with Gasteiger partial charge in [0.25, 0.3) is 5.91 Å². The first-order chi connectivity index (χ1) is 15.5. The molecule has 5 rings (SSSR count). The fourth-order valence-electron chi connectivity index (χ4n) is 4.88. The van der Waals surface area contributed by atoms with E-state index in [1.165, 1.54) is 29.7 Å². The van der Waals surface area contributed by atoms with E-state index in [4.69, 9.17) is 4.74 Å². The van der Waals surface area contributed by atoms with Gasteiger partial charge in [0, 0.05) is 42.3 Å². The summed E-state index contributed by atoms with van der Waals surface area (Å²) in [5.41, 5.74) is 6.69. The molecule has 0 saturated carbocycles. The summed E-state index contributed by atoms with van der Waals surface area (Å²) in [6.45, 7) is 5.74. The molecule has 3 aliphatic rings. The van der Waals surface area contributed by atoms with Gasteiger partial charge in [-0.1, -0.05) is 6.92 Å². The van der Waals surface area contributed by atoms with E-state index in [1.54, 1.807) is 25.1 Å². The number of carbonyl (C=O) groups is 1. The van der Waals surface area contributed by atoms with Gasteiger partial charge in [-0.3, -0.25) is 9.69 Å². The van der Waals surface area contributed by atoms with Crippen LogP contribution in [0.5, 0.6) is 0 Å². The van der Waals surface area contributed by atoms with Crippen LogP contribution in [0.25, 0.3) is 11.6 Å². The van der Waals surface area contributed by atoms with Gasteiger partial charge in [-0.05, 0) is 61.1 Å². The van der Waals surface area contributed by atoms with Crippen LogP contribution in [0.1, 0.15) is 47.8 Å². The third-order valence-corrected chi connectivity index (χ3v) is 8.46. The summed E-state index contributed by atoms with van der Waals surface area (Å²) in [5.74, 6) is -0.171. The maximum atomic E-state index is 12.8. The number of anilines is 1. The third-order valence-electron chi connectivity index (χ3n) is 6.73. The Labute approximate surface area is 188 Å². The second-order valence-electron chi connectivity index (χ2n) is 8.69. The van der Waals surface area contributed by atoms with Gasteiger partial charge in [-0.25, -0.2) is 8.42 Å². The number of aryl methyl sites for hydroxylation is 1. The van der Waals surface area contributed by atoms with Gasteiger partial charge in [0.15, 0.2) is 9.84 Å². The van der Waals surface area contributed by atoms with E-state index in [-0.39, 0.29) is 16.6 Å². The largest absolute Gasteiger partial charge is 0.379 e. The Morgan fingerprint density at radius 3 is 2.72 bits per heavy atom. The zero-order chi connectivity index (χ0) is 22.3. The van der Waals surface area contributed by atoms with Gasteiger partial charge in [0.1, 0.15) is 0 Å². The zero-order valence-electron chi connectivity index (χ0n) is 18.4. The molecule has 1 saturated heterocycles. The molecule has 2 aliphatic heterocycles. The summed E-state index contributed by atoms with van der Waals surface area (Å²) in [4.78, 5) is 19.1. The first kappa shape index (κ1) is 21.4. The van der Waals surface area contributed by atoms with E-state index in [0.717, 1.165) is 51.4 Å². The normalized spacial score (nSPS) is 20.3. The van der Waals surface area contributed by atoms with E-state index in [0.29, 0.717) is 16.8 Å². The van der Waals surface area contributed by atoms with Gasteiger partial charge in [-0.2, -0.15) is 0 Å². The molecule has 1 fully saturated rings. The predicted molar refractivity (Wildman–Crippen MR) is 124 cm³/mol. The molecular weight excluding hydrogens is 426 g/mol. The van der Waals surface area contributed by atoms with Crippen molar-refractivity contribution in [1.29, 1.82) is 0 Å². The highest BCUT2D eigenvalue weighted by atomic mass is 32.2. The number of ether oxygens (including phenoxy) is 1. The highest BCUT2D eigenvalue weighted by Crippen LogP contribution is 2.37. The van der Waals surface area contributed by atoms with Gasteiger partial charge in [0.05, 0.1) is 29.4 Å². The maximum Gasteiger partial charge on any atom is 0.256 e. The lowest BCUT2D eigenvalue weighted by molar-refractivity contribution is -0.110. The minimum absolute atomic E-state index is 0.0270. The minimum atomic E-state index is -3.36. The van der Waals surface area contributed by atoms with Gasteiger partial charge < -0.3 is 15.0 Å². The third kappa shape index (κ3) is 3.91. The standard InChI is InChI=1S/C24H29N3O4S/c1-2-32(29,30)16-7-8-22-18(13-16)19(24(28)26-22)14-23-20(15-27-9-11-31-12-10-27)17-5-3-4-6-21(17)25-23/h7-8,13-14,25H,2-6,9-12,15H2,1H3,(H,26,28)/b19-14-. The van der Waals surface area contributed by atoms with Crippen molar-refractivity contribution in [3.8, 4) is 0 Å². The molecule has 7 nitrogen and oxygen atoms in total. The van der Waals surface area contributed by atoms with E-state index in [1.807, 2.05) is 6.08 Å². The van der Waals surface area contributed by atoms with Crippen molar-refractivity contribution in [3.63, 3.8) is 0 Å². The molecule has 2 aromatic rings. The number of H-pyrrole nitrogens is 1. The molecule has 1 aromatic carbocycles. The number of rotatable bonds is 5. The second-order valence-corrected chi connectivity index (χ2v) is 11.0. The molecule has 32 heavy (non-hydrogen) atoms. The number of aromatic nitrogens is 1. The molecule has 170 valence electrons. The van der Waals surface area contributed by atoms with Crippen LogP contribution in [0.4, 0.5) is 5.69 Å². The molecule has 0 spiro atoms. The van der Waals surface area contributed by atoms with Crippen LogP contribution in [0, 0.1) is 0 Å². The lowest BCUT2D eigenvalue weighted by Gasteiger charge is -2.27. The Balaban J connectivity index is 1.57. The van der Waals surface area contributed by atoms with Crippen LogP contribution in [-0.2, 0) is 38.8 Å². The molecule has 3 heterocycles. The molecule has 1 amide bonds. The quantitative estimate of drug-likeness (QED) is 0.677. The average Bonchev–Trinajstić information content (AvgIpc) is 3.31. The Bertz CT molecular complexity index is 1190. The number of morpholine rings is 1. The Morgan fingerprint density at radius 1 is 1.16 bits per heavy atom. The number of benzene rings is 1. The van der Waals surface area contributed by atoms with Crippen molar-refractivity contribution >= 4 is 33.1 Å². The number of aromatic amines is 1. The van der Waals surface area contributed by atoms with E-state index < -0.39 is 9.84 Å². The van der Waals surface area contributed by atoms with Gasteiger partial charge in [-0.15, -0.1) is 0 Å². The number of nitrogens with one attached hydrogen (secondary N) is 2. The lowest BCUT2D eigenvalue weighted by atomic mass is 9.93. The molecular formula is C24H29N3O4S. The minimum Gasteiger partial charge on any atom is -0.379 e. The number of nitrogens with zero attached hydrogens (tertiary/aromatic N) is 1. The Hall–Kier alpha value is -2.42. The number of hydrogen-bond donors (Lipinski definition) is 2. The van der Waals surface area contributed by atoms with Crippen molar-refractivity contribution in [1.82, 2.24) is 9.88 Å². The highest BCUT2D eigenvalue weighted by Gasteiger charge is 2.28. The van der Waals surface area contributed by atoms with E-state index in [9.17, 15) is 13.2 Å². The molecule has 2 N–H and O–H groups in total. The van der Waals surface area contributed by atoms with E-state index in [2.05, 4.69) is 15.2 Å². The Kier molecular flexibility index (Phi) is 5.69. The number of hydrogen-bond acceptors (Lipinski definition) is 5. The topological polar surface area (TPSA) is 91.5 Å². The van der Waals surface area contributed by atoms with Gasteiger partial charge >= 0.3 is 0 Å². The lowest BCUT2D eigenvalue weighted by Crippen LogP contribution is -2.36.